The van der Waals surface area contributed by atoms with E-state index in [1.807, 2.05) is 42.3 Å². The van der Waals surface area contributed by atoms with Gasteiger partial charge in [-0.2, -0.15) is 5.10 Å². The van der Waals surface area contributed by atoms with Crippen LogP contribution < -0.4 is 5.01 Å². The molecule has 2 aromatic carbocycles. The van der Waals surface area contributed by atoms with Gasteiger partial charge in [-0.25, -0.2) is 0 Å². The van der Waals surface area contributed by atoms with Crippen LogP contribution in [0.25, 0.3) is 0 Å². The normalized spacial score (nSPS) is 17.0. The quantitative estimate of drug-likeness (QED) is 0.484. The molecule has 1 aliphatic heterocycles. The van der Waals surface area contributed by atoms with E-state index >= 15 is 0 Å². The molecule has 1 heterocycles. The maximum absolute atomic E-state index is 10.8. The Morgan fingerprint density at radius 3 is 2.43 bits per heavy atom. The SMILES string of the molecule is C=C(C)C1CC(c2ccc([N+](=O)[O-])cc2)=NN1c1ccccc1. The van der Waals surface area contributed by atoms with Crippen LogP contribution in [-0.2, 0) is 0 Å². The van der Waals surface area contributed by atoms with Crippen molar-refractivity contribution in [1.82, 2.24) is 0 Å². The molecule has 1 atom stereocenters. The summed E-state index contributed by atoms with van der Waals surface area (Å²) in [5, 5.41) is 17.5. The summed E-state index contributed by atoms with van der Waals surface area (Å²) in [4.78, 5) is 10.4. The van der Waals surface area contributed by atoms with Crippen LogP contribution in [0.2, 0.25) is 0 Å². The number of hydrazone groups is 1. The molecule has 116 valence electrons. The molecule has 1 aliphatic rings. The number of hydrogen-bond donors (Lipinski definition) is 0. The van der Waals surface area contributed by atoms with Gasteiger partial charge in [0.1, 0.15) is 0 Å². The van der Waals surface area contributed by atoms with Crippen LogP contribution in [0.1, 0.15) is 18.9 Å². The molecule has 5 heteroatoms. The first-order valence-electron chi connectivity index (χ1n) is 7.38. The van der Waals surface area contributed by atoms with Gasteiger partial charge in [-0.1, -0.05) is 30.4 Å². The van der Waals surface area contributed by atoms with Gasteiger partial charge in [-0.3, -0.25) is 15.1 Å². The fraction of sp³-hybridized carbons (Fsp3) is 0.167. The molecule has 0 saturated carbocycles. The number of nitrogens with zero attached hydrogens (tertiary/aromatic N) is 3. The Kier molecular flexibility index (Phi) is 3.93. The van der Waals surface area contributed by atoms with Crippen LogP contribution in [-0.4, -0.2) is 16.7 Å². The highest BCUT2D eigenvalue weighted by Gasteiger charge is 2.29. The van der Waals surface area contributed by atoms with Crippen molar-refractivity contribution in [2.75, 3.05) is 5.01 Å². The Labute approximate surface area is 134 Å². The lowest BCUT2D eigenvalue weighted by atomic mass is 10.00. The molecule has 0 N–H and O–H groups in total. The summed E-state index contributed by atoms with van der Waals surface area (Å²) < 4.78 is 0. The molecule has 23 heavy (non-hydrogen) atoms. The highest BCUT2D eigenvalue weighted by molar-refractivity contribution is 6.03. The molecule has 0 radical (unpaired) electrons. The molecule has 5 nitrogen and oxygen atoms in total. The van der Waals surface area contributed by atoms with E-state index in [1.54, 1.807) is 12.1 Å². The summed E-state index contributed by atoms with van der Waals surface area (Å²) >= 11 is 0. The van der Waals surface area contributed by atoms with Gasteiger partial charge in [0.2, 0.25) is 0 Å². The molecular weight excluding hydrogens is 290 g/mol. The second kappa shape index (κ2) is 6.04. The van der Waals surface area contributed by atoms with E-state index in [0.29, 0.717) is 0 Å². The zero-order valence-corrected chi connectivity index (χ0v) is 12.8. The average molecular weight is 307 g/mol. The van der Waals surface area contributed by atoms with Crippen LogP contribution in [0, 0.1) is 10.1 Å². The molecule has 0 aliphatic carbocycles. The second-order valence-electron chi connectivity index (χ2n) is 5.60. The molecule has 3 rings (SSSR count). The van der Waals surface area contributed by atoms with E-state index in [0.717, 1.165) is 29.0 Å². The van der Waals surface area contributed by atoms with Crippen molar-refractivity contribution < 1.29 is 4.92 Å². The topological polar surface area (TPSA) is 58.7 Å². The lowest BCUT2D eigenvalue weighted by Gasteiger charge is -2.23. The second-order valence-corrected chi connectivity index (χ2v) is 5.60. The number of nitro benzene ring substituents is 1. The van der Waals surface area contributed by atoms with Crippen LogP contribution in [0.15, 0.2) is 71.9 Å². The summed E-state index contributed by atoms with van der Waals surface area (Å²) in [6, 6.07) is 16.6. The number of rotatable bonds is 4. The van der Waals surface area contributed by atoms with Crippen molar-refractivity contribution in [3.8, 4) is 0 Å². The average Bonchev–Trinajstić information content (AvgIpc) is 3.01. The molecular formula is C18H17N3O2. The van der Waals surface area contributed by atoms with Gasteiger partial charge in [0.15, 0.2) is 0 Å². The monoisotopic (exact) mass is 307 g/mol. The van der Waals surface area contributed by atoms with Crippen molar-refractivity contribution in [3.05, 3.63) is 82.4 Å². The van der Waals surface area contributed by atoms with E-state index in [-0.39, 0.29) is 11.7 Å². The predicted molar refractivity (Wildman–Crippen MR) is 91.8 cm³/mol. The van der Waals surface area contributed by atoms with Gasteiger partial charge in [0.05, 0.1) is 22.4 Å². The Morgan fingerprint density at radius 2 is 1.87 bits per heavy atom. The zero-order valence-electron chi connectivity index (χ0n) is 12.8. The predicted octanol–water partition coefficient (Wildman–Crippen LogP) is 4.15. The summed E-state index contributed by atoms with van der Waals surface area (Å²) in [5.41, 5.74) is 3.95. The molecule has 0 bridgehead atoms. The van der Waals surface area contributed by atoms with Crippen molar-refractivity contribution in [2.45, 2.75) is 19.4 Å². The number of anilines is 1. The molecule has 0 fully saturated rings. The lowest BCUT2D eigenvalue weighted by molar-refractivity contribution is -0.384. The first kappa shape index (κ1) is 15.0. The van der Waals surface area contributed by atoms with E-state index in [2.05, 4.69) is 6.58 Å². The van der Waals surface area contributed by atoms with Gasteiger partial charge in [-0.15, -0.1) is 0 Å². The Morgan fingerprint density at radius 1 is 1.22 bits per heavy atom. The Hall–Kier alpha value is -2.95. The first-order valence-corrected chi connectivity index (χ1v) is 7.38. The molecule has 0 aromatic heterocycles. The van der Waals surface area contributed by atoms with Crippen molar-refractivity contribution in [1.29, 1.82) is 0 Å². The molecule has 0 spiro atoms. The maximum Gasteiger partial charge on any atom is 0.269 e. The highest BCUT2D eigenvalue weighted by atomic mass is 16.6. The molecule has 0 amide bonds. The van der Waals surface area contributed by atoms with Crippen molar-refractivity contribution in [3.63, 3.8) is 0 Å². The lowest BCUT2D eigenvalue weighted by Crippen LogP contribution is -2.26. The van der Waals surface area contributed by atoms with Gasteiger partial charge in [0.25, 0.3) is 5.69 Å². The number of benzene rings is 2. The summed E-state index contributed by atoms with van der Waals surface area (Å²) in [5.74, 6) is 0. The fourth-order valence-corrected chi connectivity index (χ4v) is 2.66. The third-order valence-corrected chi connectivity index (χ3v) is 3.91. The van der Waals surface area contributed by atoms with Gasteiger partial charge >= 0.3 is 0 Å². The number of nitro groups is 1. The van der Waals surface area contributed by atoms with Crippen molar-refractivity contribution >= 4 is 17.1 Å². The maximum atomic E-state index is 10.8. The highest BCUT2D eigenvalue weighted by Crippen LogP contribution is 2.30. The third-order valence-electron chi connectivity index (χ3n) is 3.91. The van der Waals surface area contributed by atoms with Crippen LogP contribution >= 0.6 is 0 Å². The van der Waals surface area contributed by atoms with Crippen LogP contribution in [0.5, 0.6) is 0 Å². The molecule has 0 saturated heterocycles. The first-order chi connectivity index (χ1) is 11.1. The minimum absolute atomic E-state index is 0.0868. The van der Waals surface area contributed by atoms with Gasteiger partial charge < -0.3 is 0 Å². The van der Waals surface area contributed by atoms with Crippen molar-refractivity contribution in [2.24, 2.45) is 5.10 Å². The summed E-state index contributed by atoms with van der Waals surface area (Å²) in [6.45, 7) is 6.07. The Balaban J connectivity index is 1.94. The minimum atomic E-state index is -0.396. The number of para-hydroxylation sites is 1. The van der Waals surface area contributed by atoms with Crippen LogP contribution in [0.3, 0.4) is 0 Å². The number of non-ortho nitro benzene ring substituents is 1. The summed E-state index contributed by atoms with van der Waals surface area (Å²) in [6.07, 6.45) is 0.738. The molecule has 1 unspecified atom stereocenters. The van der Waals surface area contributed by atoms with E-state index in [9.17, 15) is 10.1 Å². The fourth-order valence-electron chi connectivity index (χ4n) is 2.66. The number of hydrogen-bond acceptors (Lipinski definition) is 4. The van der Waals surface area contributed by atoms with Gasteiger partial charge in [0, 0.05) is 18.6 Å². The van der Waals surface area contributed by atoms with Crippen LogP contribution in [0.4, 0.5) is 11.4 Å². The van der Waals surface area contributed by atoms with E-state index in [1.165, 1.54) is 12.1 Å². The largest absolute Gasteiger partial charge is 0.269 e. The van der Waals surface area contributed by atoms with Gasteiger partial charge in [-0.05, 0) is 36.8 Å². The smallest absolute Gasteiger partial charge is 0.258 e. The Bertz CT molecular complexity index is 767. The third kappa shape index (κ3) is 2.99. The minimum Gasteiger partial charge on any atom is -0.258 e. The van der Waals surface area contributed by atoms with E-state index in [4.69, 9.17) is 5.10 Å². The zero-order chi connectivity index (χ0) is 16.4. The van der Waals surface area contributed by atoms with E-state index < -0.39 is 4.92 Å². The summed E-state index contributed by atoms with van der Waals surface area (Å²) in [7, 11) is 0. The molecule has 2 aromatic rings. The standard InChI is InChI=1S/C18H17N3O2/c1-13(2)18-12-17(14-8-10-16(11-9-14)21(22)23)19-20(18)15-6-4-3-5-7-15/h3-11,18H,1,12H2,2H3.